The van der Waals surface area contributed by atoms with Crippen LogP contribution in [0.5, 0.6) is 0 Å². The number of nitrogens with one attached hydrogen (secondary N) is 2. The highest BCUT2D eigenvalue weighted by molar-refractivity contribution is 7.89. The Morgan fingerprint density at radius 2 is 1.81 bits per heavy atom. The van der Waals surface area contributed by atoms with Gasteiger partial charge in [-0.1, -0.05) is 30.3 Å². The minimum Gasteiger partial charge on any atom is -0.324 e. The zero-order valence-corrected chi connectivity index (χ0v) is 20.8. The first kappa shape index (κ1) is 24.5. The van der Waals surface area contributed by atoms with Crippen LogP contribution in [0.25, 0.3) is 11.3 Å². The largest absolute Gasteiger partial charge is 0.324 e. The van der Waals surface area contributed by atoms with Gasteiger partial charge in [-0.3, -0.25) is 4.79 Å². The molecule has 0 aliphatic carbocycles. The van der Waals surface area contributed by atoms with Crippen molar-refractivity contribution in [1.29, 1.82) is 0 Å². The Hall–Kier alpha value is -4.15. The van der Waals surface area contributed by atoms with Gasteiger partial charge in [0.15, 0.2) is 0 Å². The van der Waals surface area contributed by atoms with Crippen molar-refractivity contribution < 1.29 is 17.6 Å². The molecule has 2 heterocycles. The van der Waals surface area contributed by atoms with Crippen LogP contribution in [0, 0.1) is 5.82 Å². The van der Waals surface area contributed by atoms with E-state index >= 15 is 0 Å². The van der Waals surface area contributed by atoms with Gasteiger partial charge in [0, 0.05) is 36.6 Å². The molecule has 0 bridgehead atoms. The van der Waals surface area contributed by atoms with E-state index in [0.717, 1.165) is 16.8 Å². The van der Waals surface area contributed by atoms with Crippen LogP contribution in [0.2, 0.25) is 0 Å². The molecule has 0 fully saturated rings. The van der Waals surface area contributed by atoms with Crippen LogP contribution in [0.1, 0.15) is 11.1 Å². The van der Waals surface area contributed by atoms with E-state index in [4.69, 9.17) is 0 Å². The molecule has 1 aliphatic rings. The van der Waals surface area contributed by atoms with Gasteiger partial charge in [0.2, 0.25) is 21.9 Å². The van der Waals surface area contributed by atoms with Crippen molar-refractivity contribution in [2.75, 3.05) is 23.8 Å². The summed E-state index contributed by atoms with van der Waals surface area (Å²) in [5, 5.41) is 3.10. The van der Waals surface area contributed by atoms with Crippen molar-refractivity contribution >= 4 is 33.3 Å². The zero-order valence-electron chi connectivity index (χ0n) is 20.0. The first-order chi connectivity index (χ1) is 17.8. The number of amides is 1. The summed E-state index contributed by atoms with van der Waals surface area (Å²) in [5.74, 6) is -0.0711. The molecule has 1 aromatic heterocycles. The lowest BCUT2D eigenvalue weighted by atomic mass is 10.1. The third-order valence-electron chi connectivity index (χ3n) is 6.12. The first-order valence-electron chi connectivity index (χ1n) is 11.6. The normalized spacial score (nSPS) is 13.0. The summed E-state index contributed by atoms with van der Waals surface area (Å²) >= 11 is 0. The topological polar surface area (TPSA) is 104 Å². The van der Waals surface area contributed by atoms with Crippen LogP contribution in [-0.2, 0) is 27.7 Å². The maximum Gasteiger partial charge on any atom is 0.240 e. The molecule has 37 heavy (non-hydrogen) atoms. The molecule has 1 amide bonds. The molecule has 8 nitrogen and oxygen atoms in total. The van der Waals surface area contributed by atoms with Crippen LogP contribution in [0.4, 0.5) is 21.7 Å². The van der Waals surface area contributed by atoms with E-state index in [1.54, 1.807) is 42.4 Å². The van der Waals surface area contributed by atoms with Crippen LogP contribution in [0.15, 0.2) is 83.9 Å². The molecule has 0 saturated heterocycles. The summed E-state index contributed by atoms with van der Waals surface area (Å²) in [6.45, 7) is 0.147. The molecule has 3 aromatic carbocycles. The number of nitrogens with zero attached hydrogens (tertiary/aromatic N) is 3. The SMILES string of the molecule is CN1C(=O)Cc2cnc(Nc3ccc(S(=O)(=O)NCCc4cccc(F)c4)cc3)nc2-c2ccccc21. The predicted octanol–water partition coefficient (Wildman–Crippen LogP) is 4.07. The monoisotopic (exact) mass is 517 g/mol. The average molecular weight is 518 g/mol. The van der Waals surface area contributed by atoms with Crippen molar-refractivity contribution in [1.82, 2.24) is 14.7 Å². The van der Waals surface area contributed by atoms with Crippen LogP contribution < -0.4 is 14.9 Å². The van der Waals surface area contributed by atoms with E-state index in [9.17, 15) is 17.6 Å². The number of aromatic nitrogens is 2. The molecule has 0 atom stereocenters. The van der Waals surface area contributed by atoms with E-state index in [-0.39, 0.29) is 29.6 Å². The molecular formula is C27H24FN5O3S. The molecule has 0 saturated carbocycles. The molecule has 0 radical (unpaired) electrons. The van der Waals surface area contributed by atoms with Crippen LogP contribution in [0.3, 0.4) is 0 Å². The quantitative estimate of drug-likeness (QED) is 0.383. The van der Waals surface area contributed by atoms with Crippen LogP contribution in [-0.4, -0.2) is 37.9 Å². The maximum absolute atomic E-state index is 13.3. The molecule has 5 rings (SSSR count). The molecular weight excluding hydrogens is 493 g/mol. The van der Waals surface area contributed by atoms with E-state index in [0.29, 0.717) is 29.3 Å². The third-order valence-corrected chi connectivity index (χ3v) is 7.59. The molecule has 2 N–H and O–H groups in total. The van der Waals surface area contributed by atoms with Gasteiger partial charge in [0.05, 0.1) is 22.7 Å². The number of benzene rings is 3. The number of rotatable bonds is 7. The Balaban J connectivity index is 1.30. The summed E-state index contributed by atoms with van der Waals surface area (Å²) < 4.78 is 41.2. The zero-order chi connectivity index (χ0) is 26.0. The van der Waals surface area contributed by atoms with E-state index in [1.165, 1.54) is 24.3 Å². The van der Waals surface area contributed by atoms with Crippen molar-refractivity contribution in [3.8, 4) is 11.3 Å². The standard InChI is InChI=1S/C27H24FN5O3S/c1-33-24-8-3-2-7-23(24)26-19(16-25(33)34)17-29-27(32-26)31-21-9-11-22(12-10-21)37(35,36)30-14-13-18-5-4-6-20(28)15-18/h2-12,15,17,30H,13-14,16H2,1H3,(H,29,31,32). The van der Waals surface area contributed by atoms with Gasteiger partial charge in [-0.25, -0.2) is 27.5 Å². The van der Waals surface area contributed by atoms with Crippen molar-refractivity contribution in [2.24, 2.45) is 0 Å². The van der Waals surface area contributed by atoms with Gasteiger partial charge in [-0.15, -0.1) is 0 Å². The first-order valence-corrected chi connectivity index (χ1v) is 13.1. The molecule has 1 aliphatic heterocycles. The number of halogens is 1. The minimum atomic E-state index is -3.73. The highest BCUT2D eigenvalue weighted by atomic mass is 32.2. The van der Waals surface area contributed by atoms with E-state index in [2.05, 4.69) is 20.0 Å². The number of carbonyl (C=O) groups excluding carboxylic acids is 1. The van der Waals surface area contributed by atoms with Crippen LogP contribution >= 0.6 is 0 Å². The van der Waals surface area contributed by atoms with Gasteiger partial charge >= 0.3 is 0 Å². The second-order valence-electron chi connectivity index (χ2n) is 8.64. The van der Waals surface area contributed by atoms with Crippen molar-refractivity contribution in [3.05, 3.63) is 95.9 Å². The number of likely N-dealkylation sites (N-methyl/N-ethyl adjacent to an activating group) is 1. The summed E-state index contributed by atoms with van der Waals surface area (Å²) in [6.07, 6.45) is 2.20. The van der Waals surface area contributed by atoms with Gasteiger partial charge in [0.25, 0.3) is 0 Å². The summed E-state index contributed by atoms with van der Waals surface area (Å²) in [6, 6.07) is 19.9. The van der Waals surface area contributed by atoms with E-state index in [1.807, 2.05) is 24.3 Å². The molecule has 0 spiro atoms. The Bertz CT molecular complexity index is 1580. The van der Waals surface area contributed by atoms with Gasteiger partial charge in [-0.05, 0) is 54.4 Å². The number of hydrogen-bond acceptors (Lipinski definition) is 6. The summed E-state index contributed by atoms with van der Waals surface area (Å²) in [4.78, 5) is 23.3. The Morgan fingerprint density at radius 1 is 1.03 bits per heavy atom. The minimum absolute atomic E-state index is 0.0446. The maximum atomic E-state index is 13.3. The molecule has 4 aromatic rings. The number of anilines is 3. The summed E-state index contributed by atoms with van der Waals surface area (Å²) in [5.41, 5.74) is 4.33. The summed E-state index contributed by atoms with van der Waals surface area (Å²) in [7, 11) is -1.99. The second-order valence-corrected chi connectivity index (χ2v) is 10.4. The fourth-order valence-electron chi connectivity index (χ4n) is 4.16. The van der Waals surface area contributed by atoms with Gasteiger partial charge in [0.1, 0.15) is 5.82 Å². The lowest BCUT2D eigenvalue weighted by Gasteiger charge is -2.16. The number of hydrogen-bond donors (Lipinski definition) is 2. The second kappa shape index (κ2) is 10.1. The fraction of sp³-hybridized carbons (Fsp3) is 0.148. The Labute approximate surface area is 214 Å². The number of carbonyl (C=O) groups is 1. The van der Waals surface area contributed by atoms with E-state index < -0.39 is 10.0 Å². The Kier molecular flexibility index (Phi) is 6.68. The smallest absolute Gasteiger partial charge is 0.240 e. The third kappa shape index (κ3) is 5.35. The Morgan fingerprint density at radius 3 is 2.59 bits per heavy atom. The highest BCUT2D eigenvalue weighted by Crippen LogP contribution is 2.35. The number of fused-ring (bicyclic) bond motifs is 3. The van der Waals surface area contributed by atoms with Gasteiger partial charge < -0.3 is 10.2 Å². The number of para-hydroxylation sites is 1. The number of sulfonamides is 1. The van der Waals surface area contributed by atoms with Crippen molar-refractivity contribution in [2.45, 2.75) is 17.7 Å². The van der Waals surface area contributed by atoms with Crippen molar-refractivity contribution in [3.63, 3.8) is 0 Å². The lowest BCUT2D eigenvalue weighted by Crippen LogP contribution is -2.26. The molecule has 10 heteroatoms. The average Bonchev–Trinajstić information content (AvgIpc) is 2.99. The fourth-order valence-corrected chi connectivity index (χ4v) is 5.20. The van der Waals surface area contributed by atoms with Gasteiger partial charge in [-0.2, -0.15) is 0 Å². The highest BCUT2D eigenvalue weighted by Gasteiger charge is 2.24. The molecule has 0 unspecified atom stereocenters. The predicted molar refractivity (Wildman–Crippen MR) is 140 cm³/mol. The lowest BCUT2D eigenvalue weighted by molar-refractivity contribution is -0.117. The molecule has 188 valence electrons.